The SMILES string of the molecule is O=C1NC(=S)N(c2ccc(Cl)cc2)C(=O)/C1=C/c1cc([N+](=O)[O-])ccc1OCc1cc(Cl)cc2c1OCOC2. The van der Waals surface area contributed by atoms with Crippen molar-refractivity contribution in [3.8, 4) is 11.5 Å². The maximum Gasteiger partial charge on any atom is 0.270 e. The molecule has 0 spiro atoms. The molecule has 5 rings (SSSR count). The molecule has 198 valence electrons. The summed E-state index contributed by atoms with van der Waals surface area (Å²) >= 11 is 17.4. The van der Waals surface area contributed by atoms with Gasteiger partial charge in [-0.1, -0.05) is 23.2 Å². The molecule has 3 aromatic carbocycles. The number of halogens is 2. The molecule has 10 nitrogen and oxygen atoms in total. The lowest BCUT2D eigenvalue weighted by atomic mass is 10.1. The van der Waals surface area contributed by atoms with Crippen LogP contribution in [0.15, 0.2) is 60.2 Å². The average molecular weight is 586 g/mol. The number of nitrogens with one attached hydrogen (secondary N) is 1. The van der Waals surface area contributed by atoms with Crippen molar-refractivity contribution in [1.82, 2.24) is 5.32 Å². The van der Waals surface area contributed by atoms with E-state index in [2.05, 4.69) is 5.32 Å². The van der Waals surface area contributed by atoms with Crippen LogP contribution in [0.1, 0.15) is 16.7 Å². The predicted octanol–water partition coefficient (Wildman–Crippen LogP) is 5.18. The van der Waals surface area contributed by atoms with E-state index in [1.807, 2.05) is 0 Å². The van der Waals surface area contributed by atoms with Gasteiger partial charge in [0.2, 0.25) is 0 Å². The van der Waals surface area contributed by atoms with Crippen molar-refractivity contribution in [2.24, 2.45) is 0 Å². The topological polar surface area (TPSA) is 120 Å². The second kappa shape index (κ2) is 11.0. The fraction of sp³-hybridized carbons (Fsp3) is 0.115. The maximum atomic E-state index is 13.4. The summed E-state index contributed by atoms with van der Waals surface area (Å²) in [6.45, 7) is 0.374. The van der Waals surface area contributed by atoms with E-state index in [1.54, 1.807) is 36.4 Å². The standard InChI is InChI=1S/C26H17Cl2N3O7S/c27-17-1-3-19(4-2-17)30-25(33)21(24(32)29-26(30)39)10-14-9-20(31(34)35)5-6-22(14)37-12-16-8-18(28)7-15-11-36-13-38-23(15)16/h1-10H,11-13H2,(H,29,32,39)/b21-10+. The fourth-order valence-electron chi connectivity index (χ4n) is 4.05. The number of carbonyl (C=O) groups excluding carboxylic acids is 2. The maximum absolute atomic E-state index is 13.4. The molecule has 13 heteroatoms. The summed E-state index contributed by atoms with van der Waals surface area (Å²) in [5.74, 6) is -0.729. The third kappa shape index (κ3) is 5.57. The molecule has 39 heavy (non-hydrogen) atoms. The first kappa shape index (κ1) is 26.6. The van der Waals surface area contributed by atoms with Gasteiger partial charge in [0.05, 0.1) is 17.2 Å². The Morgan fingerprint density at radius 2 is 1.87 bits per heavy atom. The fourth-order valence-corrected chi connectivity index (χ4v) is 4.72. The minimum Gasteiger partial charge on any atom is -0.488 e. The van der Waals surface area contributed by atoms with Gasteiger partial charge in [0, 0.05) is 38.9 Å². The quantitative estimate of drug-likeness (QED) is 0.138. The normalized spacial score (nSPS) is 16.0. The summed E-state index contributed by atoms with van der Waals surface area (Å²) in [5.41, 5.74) is 1.33. The van der Waals surface area contributed by atoms with E-state index in [0.29, 0.717) is 33.7 Å². The molecule has 1 saturated heterocycles. The van der Waals surface area contributed by atoms with E-state index in [4.69, 9.17) is 49.6 Å². The van der Waals surface area contributed by atoms with E-state index in [1.165, 1.54) is 24.3 Å². The van der Waals surface area contributed by atoms with E-state index < -0.39 is 16.7 Å². The van der Waals surface area contributed by atoms with Gasteiger partial charge in [-0.2, -0.15) is 0 Å². The second-order valence-corrected chi connectivity index (χ2v) is 9.63. The molecule has 2 amide bonds. The molecule has 0 bridgehead atoms. The van der Waals surface area contributed by atoms with Gasteiger partial charge < -0.3 is 14.2 Å². The largest absolute Gasteiger partial charge is 0.488 e. The highest BCUT2D eigenvalue weighted by Crippen LogP contribution is 2.34. The first-order valence-electron chi connectivity index (χ1n) is 11.3. The molecule has 0 atom stereocenters. The van der Waals surface area contributed by atoms with Crippen molar-refractivity contribution in [2.75, 3.05) is 11.7 Å². The second-order valence-electron chi connectivity index (χ2n) is 8.37. The minimum absolute atomic E-state index is 0.0159. The van der Waals surface area contributed by atoms with Gasteiger partial charge in [0.1, 0.15) is 23.7 Å². The van der Waals surface area contributed by atoms with Crippen LogP contribution in [0.2, 0.25) is 10.0 Å². The van der Waals surface area contributed by atoms with Crippen LogP contribution >= 0.6 is 35.4 Å². The van der Waals surface area contributed by atoms with E-state index in [0.717, 1.165) is 10.5 Å². The summed E-state index contributed by atoms with van der Waals surface area (Å²) in [6.07, 6.45) is 1.22. The molecular formula is C26H17Cl2N3O7S. The number of non-ortho nitro benzene ring substituents is 1. The van der Waals surface area contributed by atoms with Gasteiger partial charge in [-0.3, -0.25) is 29.9 Å². The van der Waals surface area contributed by atoms with Gasteiger partial charge in [0.15, 0.2) is 11.9 Å². The van der Waals surface area contributed by atoms with Crippen molar-refractivity contribution >= 4 is 69.8 Å². The van der Waals surface area contributed by atoms with Crippen LogP contribution in [0, 0.1) is 10.1 Å². The lowest BCUT2D eigenvalue weighted by Gasteiger charge is -2.29. The zero-order chi connectivity index (χ0) is 27.7. The Hall–Kier alpha value is -4.03. The van der Waals surface area contributed by atoms with Crippen molar-refractivity contribution in [3.05, 3.63) is 97.0 Å². The summed E-state index contributed by atoms with van der Waals surface area (Å²) in [7, 11) is 0. The summed E-state index contributed by atoms with van der Waals surface area (Å²) in [4.78, 5) is 38.2. The Kier molecular flexibility index (Phi) is 7.49. The molecule has 1 N–H and O–H groups in total. The first-order valence-corrected chi connectivity index (χ1v) is 12.5. The number of ether oxygens (including phenoxy) is 3. The number of thiocarbonyl (C=S) groups is 1. The molecule has 0 aromatic heterocycles. The lowest BCUT2D eigenvalue weighted by molar-refractivity contribution is -0.384. The Morgan fingerprint density at radius 3 is 2.62 bits per heavy atom. The molecule has 0 saturated carbocycles. The molecule has 3 aromatic rings. The molecule has 0 aliphatic carbocycles. The van der Waals surface area contributed by atoms with Crippen LogP contribution in [0.25, 0.3) is 6.08 Å². The van der Waals surface area contributed by atoms with E-state index >= 15 is 0 Å². The monoisotopic (exact) mass is 585 g/mol. The number of hydrogen-bond acceptors (Lipinski definition) is 8. The van der Waals surface area contributed by atoms with Gasteiger partial charge in [-0.15, -0.1) is 0 Å². The highest BCUT2D eigenvalue weighted by molar-refractivity contribution is 7.80. The van der Waals surface area contributed by atoms with Crippen molar-refractivity contribution in [3.63, 3.8) is 0 Å². The number of amides is 2. The molecule has 0 radical (unpaired) electrons. The summed E-state index contributed by atoms with van der Waals surface area (Å²) in [6, 6.07) is 13.5. The number of hydrogen-bond donors (Lipinski definition) is 1. The lowest BCUT2D eigenvalue weighted by Crippen LogP contribution is -2.54. The number of carbonyl (C=O) groups is 2. The Bertz CT molecular complexity index is 1560. The van der Waals surface area contributed by atoms with Gasteiger partial charge in [-0.05, 0) is 60.8 Å². The van der Waals surface area contributed by atoms with E-state index in [9.17, 15) is 19.7 Å². The number of nitro benzene ring substituents is 1. The van der Waals surface area contributed by atoms with E-state index in [-0.39, 0.29) is 41.1 Å². The van der Waals surface area contributed by atoms with Crippen LogP contribution in [-0.2, 0) is 27.5 Å². The number of fused-ring (bicyclic) bond motifs is 1. The molecule has 2 aliphatic rings. The van der Waals surface area contributed by atoms with Crippen LogP contribution in [0.5, 0.6) is 11.5 Å². The Morgan fingerprint density at radius 1 is 1.10 bits per heavy atom. The predicted molar refractivity (Wildman–Crippen MR) is 147 cm³/mol. The summed E-state index contributed by atoms with van der Waals surface area (Å²) in [5, 5.41) is 14.8. The number of nitrogens with zero attached hydrogens (tertiary/aromatic N) is 2. The number of benzene rings is 3. The zero-order valence-corrected chi connectivity index (χ0v) is 22.1. The smallest absolute Gasteiger partial charge is 0.270 e. The third-order valence-corrected chi connectivity index (χ3v) is 6.58. The number of anilines is 1. The van der Waals surface area contributed by atoms with Gasteiger partial charge >= 0.3 is 0 Å². The highest BCUT2D eigenvalue weighted by Gasteiger charge is 2.35. The van der Waals surface area contributed by atoms with Gasteiger partial charge in [0.25, 0.3) is 17.5 Å². The van der Waals surface area contributed by atoms with Crippen LogP contribution in [0.4, 0.5) is 11.4 Å². The van der Waals surface area contributed by atoms with Crippen LogP contribution < -0.4 is 19.7 Å². The number of nitro groups is 1. The van der Waals surface area contributed by atoms with Crippen molar-refractivity contribution < 1.29 is 28.7 Å². The zero-order valence-electron chi connectivity index (χ0n) is 19.8. The Labute approximate surface area is 236 Å². The Balaban J connectivity index is 1.51. The van der Waals surface area contributed by atoms with Gasteiger partial charge in [-0.25, -0.2) is 0 Å². The molecular weight excluding hydrogens is 569 g/mol. The average Bonchev–Trinajstić information content (AvgIpc) is 2.90. The molecule has 2 heterocycles. The van der Waals surface area contributed by atoms with Crippen LogP contribution in [-0.4, -0.2) is 28.6 Å². The third-order valence-electron chi connectivity index (χ3n) is 5.83. The van der Waals surface area contributed by atoms with Crippen molar-refractivity contribution in [1.29, 1.82) is 0 Å². The minimum atomic E-state index is -0.759. The van der Waals surface area contributed by atoms with Crippen molar-refractivity contribution in [2.45, 2.75) is 13.2 Å². The highest BCUT2D eigenvalue weighted by atomic mass is 35.5. The number of rotatable bonds is 6. The van der Waals surface area contributed by atoms with Crippen LogP contribution in [0.3, 0.4) is 0 Å². The molecule has 1 fully saturated rings. The first-order chi connectivity index (χ1) is 18.7. The molecule has 0 unspecified atom stereocenters. The summed E-state index contributed by atoms with van der Waals surface area (Å²) < 4.78 is 16.9. The molecule has 2 aliphatic heterocycles.